The Balaban J connectivity index is 1.56. The van der Waals surface area contributed by atoms with E-state index in [1.807, 2.05) is 0 Å². The number of aryl methyl sites for hydroxylation is 1. The van der Waals surface area contributed by atoms with Crippen LogP contribution in [0.4, 0.5) is 4.39 Å². The van der Waals surface area contributed by atoms with Crippen molar-refractivity contribution >= 4 is 5.91 Å². The highest BCUT2D eigenvalue weighted by Crippen LogP contribution is 2.36. The summed E-state index contributed by atoms with van der Waals surface area (Å²) in [6.45, 7) is 2.15. The maximum Gasteiger partial charge on any atom is 0.264 e. The number of fused-ring (bicyclic) bond motifs is 1. The van der Waals surface area contributed by atoms with E-state index >= 15 is 0 Å². The highest BCUT2D eigenvalue weighted by molar-refractivity contribution is 5.83. The number of nitrogens with zero attached hydrogens (tertiary/aromatic N) is 3. The summed E-state index contributed by atoms with van der Waals surface area (Å²) in [4.78, 5) is 18.9. The highest BCUT2D eigenvalue weighted by Gasteiger charge is 2.43. The first kappa shape index (κ1) is 16.0. The minimum absolute atomic E-state index is 0.109. The summed E-state index contributed by atoms with van der Waals surface area (Å²) in [5.41, 5.74) is 0.700. The number of aromatic nitrogens is 2. The van der Waals surface area contributed by atoms with E-state index in [1.165, 1.54) is 12.1 Å². The van der Waals surface area contributed by atoms with Crippen molar-refractivity contribution in [1.29, 1.82) is 0 Å². The normalized spacial score (nSPS) is 25.1. The van der Waals surface area contributed by atoms with Crippen molar-refractivity contribution in [1.82, 2.24) is 15.0 Å². The molecule has 3 heterocycles. The van der Waals surface area contributed by atoms with Gasteiger partial charge in [-0.1, -0.05) is 5.16 Å². The molecule has 0 N–H and O–H groups in total. The van der Waals surface area contributed by atoms with Gasteiger partial charge in [-0.15, -0.1) is 0 Å². The quantitative estimate of drug-likeness (QED) is 0.843. The Kier molecular flexibility index (Phi) is 3.91. The van der Waals surface area contributed by atoms with Gasteiger partial charge in [0.25, 0.3) is 5.91 Å². The monoisotopic (exact) mass is 347 g/mol. The summed E-state index contributed by atoms with van der Waals surface area (Å²) in [5.74, 6) is 0.940. The number of methoxy groups -OCH3 is 1. The first-order valence-corrected chi connectivity index (χ1v) is 8.13. The number of halogens is 1. The zero-order valence-electron chi connectivity index (χ0n) is 13.9. The lowest BCUT2D eigenvalue weighted by atomic mass is 10.1. The molecule has 2 aromatic rings. The number of carbonyl (C=O) groups excluding carboxylic acids is 1. The van der Waals surface area contributed by atoms with Crippen LogP contribution in [0.3, 0.4) is 0 Å². The third kappa shape index (κ3) is 2.86. The first-order valence-electron chi connectivity index (χ1n) is 8.13. The van der Waals surface area contributed by atoms with Gasteiger partial charge in [0.1, 0.15) is 17.6 Å². The number of rotatable bonds is 3. The number of carbonyl (C=O) groups is 1. The first-order chi connectivity index (χ1) is 12.0. The zero-order valence-corrected chi connectivity index (χ0v) is 13.9. The number of hydrogen-bond acceptors (Lipinski definition) is 6. The van der Waals surface area contributed by atoms with Crippen molar-refractivity contribution in [2.75, 3.05) is 13.7 Å². The van der Waals surface area contributed by atoms with E-state index in [2.05, 4.69) is 10.1 Å². The molecule has 0 bridgehead atoms. The van der Waals surface area contributed by atoms with Crippen molar-refractivity contribution in [2.24, 2.45) is 0 Å². The molecule has 1 fully saturated rings. The van der Waals surface area contributed by atoms with Crippen LogP contribution >= 0.6 is 0 Å². The van der Waals surface area contributed by atoms with Crippen molar-refractivity contribution in [2.45, 2.75) is 38.0 Å². The van der Waals surface area contributed by atoms with Crippen LogP contribution in [0, 0.1) is 12.7 Å². The fraction of sp³-hybridized carbons (Fsp3) is 0.471. The number of benzene rings is 1. The number of ether oxygens (including phenoxy) is 2. The van der Waals surface area contributed by atoms with Gasteiger partial charge in [-0.25, -0.2) is 4.39 Å². The molecular weight excluding hydrogens is 329 g/mol. The van der Waals surface area contributed by atoms with Crippen LogP contribution < -0.4 is 4.74 Å². The molecule has 2 aliphatic heterocycles. The lowest BCUT2D eigenvalue weighted by Gasteiger charge is -2.24. The van der Waals surface area contributed by atoms with Crippen LogP contribution in [0.15, 0.2) is 22.7 Å². The molecule has 0 unspecified atom stereocenters. The predicted octanol–water partition coefficient (Wildman–Crippen LogP) is 1.81. The fourth-order valence-electron chi connectivity index (χ4n) is 3.43. The topological polar surface area (TPSA) is 77.7 Å². The second-order valence-electron chi connectivity index (χ2n) is 6.34. The Morgan fingerprint density at radius 2 is 2.28 bits per heavy atom. The van der Waals surface area contributed by atoms with E-state index < -0.39 is 6.10 Å². The van der Waals surface area contributed by atoms with E-state index in [4.69, 9.17) is 14.0 Å². The van der Waals surface area contributed by atoms with E-state index in [0.29, 0.717) is 42.4 Å². The van der Waals surface area contributed by atoms with E-state index in [1.54, 1.807) is 25.0 Å². The number of likely N-dealkylation sites (tertiary alicyclic amines) is 1. The Morgan fingerprint density at radius 1 is 1.44 bits per heavy atom. The number of hydrogen-bond donors (Lipinski definition) is 0. The van der Waals surface area contributed by atoms with Crippen molar-refractivity contribution in [3.8, 4) is 5.75 Å². The highest BCUT2D eigenvalue weighted by atomic mass is 19.1. The van der Waals surface area contributed by atoms with Gasteiger partial charge in [-0.05, 0) is 25.1 Å². The lowest BCUT2D eigenvalue weighted by molar-refractivity contribution is -0.139. The Labute approximate surface area is 143 Å². The molecule has 0 saturated carbocycles. The van der Waals surface area contributed by atoms with Crippen LogP contribution in [-0.2, 0) is 16.0 Å². The molecule has 0 radical (unpaired) electrons. The van der Waals surface area contributed by atoms with Crippen molar-refractivity contribution < 1.29 is 23.2 Å². The van der Waals surface area contributed by atoms with Crippen LogP contribution in [0.1, 0.15) is 29.7 Å². The molecule has 7 nitrogen and oxygen atoms in total. The summed E-state index contributed by atoms with van der Waals surface area (Å²) in [7, 11) is 1.61. The number of amides is 1. The summed E-state index contributed by atoms with van der Waals surface area (Å²) in [6.07, 6.45) is 0.134. The summed E-state index contributed by atoms with van der Waals surface area (Å²) in [5, 5.41) is 3.81. The lowest BCUT2D eigenvalue weighted by Crippen LogP contribution is -2.41. The van der Waals surface area contributed by atoms with Gasteiger partial charge in [0, 0.05) is 32.1 Å². The van der Waals surface area contributed by atoms with E-state index in [-0.39, 0.29) is 23.9 Å². The predicted molar refractivity (Wildman–Crippen MR) is 83.4 cm³/mol. The van der Waals surface area contributed by atoms with Crippen LogP contribution in [0.2, 0.25) is 0 Å². The molecule has 1 aromatic heterocycles. The van der Waals surface area contributed by atoms with Gasteiger partial charge in [0.05, 0.1) is 6.10 Å². The van der Waals surface area contributed by atoms with Gasteiger partial charge in [0.15, 0.2) is 11.9 Å². The third-order valence-corrected chi connectivity index (χ3v) is 4.68. The molecule has 8 heteroatoms. The Bertz CT molecular complexity index is 809. The van der Waals surface area contributed by atoms with Gasteiger partial charge in [-0.3, -0.25) is 4.79 Å². The van der Waals surface area contributed by atoms with E-state index in [9.17, 15) is 9.18 Å². The van der Waals surface area contributed by atoms with Crippen molar-refractivity contribution in [3.05, 3.63) is 41.3 Å². The average molecular weight is 347 g/mol. The van der Waals surface area contributed by atoms with Crippen molar-refractivity contribution in [3.63, 3.8) is 0 Å². The summed E-state index contributed by atoms with van der Waals surface area (Å²) >= 11 is 0. The second-order valence-corrected chi connectivity index (χ2v) is 6.34. The molecule has 0 aliphatic carbocycles. The third-order valence-electron chi connectivity index (χ3n) is 4.68. The van der Waals surface area contributed by atoms with Gasteiger partial charge < -0.3 is 18.9 Å². The average Bonchev–Trinajstić information content (AvgIpc) is 3.30. The molecule has 2 aliphatic rings. The van der Waals surface area contributed by atoms with Gasteiger partial charge >= 0.3 is 0 Å². The smallest absolute Gasteiger partial charge is 0.264 e. The summed E-state index contributed by atoms with van der Waals surface area (Å²) < 4.78 is 29.8. The SMILES string of the molecule is CO[C@H]1C[C@H](c2nc(C)no2)N(C(=O)[C@H]2Cc3cc(F)ccc3O2)C1. The molecular formula is C17H18FN3O4. The second kappa shape index (κ2) is 6.11. The maximum atomic E-state index is 13.4. The standard InChI is InChI=1S/C17H18FN3O4/c1-9-19-16(25-20-9)13-7-12(23-2)8-21(13)17(22)15-6-10-5-11(18)3-4-14(10)24-15/h3-5,12-13,15H,6-8H2,1-2H3/t12-,13+,15+/m0/s1. The molecule has 1 aromatic carbocycles. The molecule has 25 heavy (non-hydrogen) atoms. The van der Waals surface area contributed by atoms with Crippen LogP contribution in [-0.4, -0.2) is 46.8 Å². The van der Waals surface area contributed by atoms with Gasteiger partial charge in [-0.2, -0.15) is 4.98 Å². The minimum Gasteiger partial charge on any atom is -0.480 e. The van der Waals surface area contributed by atoms with E-state index in [0.717, 1.165) is 0 Å². The maximum absolute atomic E-state index is 13.4. The molecule has 4 rings (SSSR count). The van der Waals surface area contributed by atoms with Crippen LogP contribution in [0.5, 0.6) is 5.75 Å². The molecule has 0 spiro atoms. The molecule has 132 valence electrons. The fourth-order valence-corrected chi connectivity index (χ4v) is 3.43. The molecule has 1 saturated heterocycles. The summed E-state index contributed by atoms with van der Waals surface area (Å²) in [6, 6.07) is 3.94. The van der Waals surface area contributed by atoms with Gasteiger partial charge in [0.2, 0.25) is 5.89 Å². The molecule has 3 atom stereocenters. The minimum atomic E-state index is -0.682. The zero-order chi connectivity index (χ0) is 17.6. The largest absolute Gasteiger partial charge is 0.480 e. The Hall–Kier alpha value is -2.48. The Morgan fingerprint density at radius 3 is 3.00 bits per heavy atom. The van der Waals surface area contributed by atoms with Crippen LogP contribution in [0.25, 0.3) is 0 Å². The molecule has 1 amide bonds.